The Labute approximate surface area is 175 Å². The third-order valence-electron chi connectivity index (χ3n) is 5.72. The first-order valence-electron chi connectivity index (χ1n) is 10.2. The van der Waals surface area contributed by atoms with Crippen molar-refractivity contribution in [1.29, 1.82) is 0 Å². The summed E-state index contributed by atoms with van der Waals surface area (Å²) in [5.41, 5.74) is 4.93. The van der Waals surface area contributed by atoms with Gasteiger partial charge in [0.2, 0.25) is 0 Å². The van der Waals surface area contributed by atoms with Crippen LogP contribution in [0.25, 0.3) is 0 Å². The molecule has 156 valence electrons. The van der Waals surface area contributed by atoms with Crippen LogP contribution in [0.4, 0.5) is 4.39 Å². The van der Waals surface area contributed by atoms with Crippen LogP contribution in [0.5, 0.6) is 5.75 Å². The summed E-state index contributed by atoms with van der Waals surface area (Å²) in [6, 6.07) is 12.5. The van der Waals surface area contributed by atoms with Gasteiger partial charge in [-0.25, -0.2) is 9.18 Å². The summed E-state index contributed by atoms with van der Waals surface area (Å²) < 4.78 is 24.1. The van der Waals surface area contributed by atoms with Crippen LogP contribution in [0.15, 0.2) is 59.3 Å². The van der Waals surface area contributed by atoms with Crippen molar-refractivity contribution in [3.05, 3.63) is 76.7 Å². The van der Waals surface area contributed by atoms with Crippen molar-refractivity contribution in [2.24, 2.45) is 11.0 Å². The van der Waals surface area contributed by atoms with Gasteiger partial charge in [-0.15, -0.1) is 0 Å². The van der Waals surface area contributed by atoms with Crippen molar-refractivity contribution in [3.8, 4) is 5.75 Å². The Bertz CT molecular complexity index is 1010. The molecule has 2 atom stereocenters. The average molecular weight is 408 g/mol. The molecule has 4 rings (SSSR count). The Balaban J connectivity index is 1.79. The standard InChI is InChI=1S/C24H25FN2O3/c1-4-30-22(28)13-15(2)27-24(17-5-9-18(25)10-6-17)20-12-8-16-7-11-19(29-3)14-21(16)23(20)26-27/h5-7,9-11,13-14,20,24H,4,8,12H2,1-3H3/b15-13+/t20-,24-/m1/s1. The summed E-state index contributed by atoms with van der Waals surface area (Å²) in [5, 5.41) is 6.82. The highest BCUT2D eigenvalue weighted by Gasteiger charge is 2.42. The second-order valence-electron chi connectivity index (χ2n) is 7.53. The van der Waals surface area contributed by atoms with Crippen LogP contribution in [0, 0.1) is 11.7 Å². The molecular formula is C24H25FN2O3. The Morgan fingerprint density at radius 3 is 2.73 bits per heavy atom. The number of ether oxygens (including phenoxy) is 2. The van der Waals surface area contributed by atoms with E-state index >= 15 is 0 Å². The lowest BCUT2D eigenvalue weighted by atomic mass is 9.77. The van der Waals surface area contributed by atoms with Crippen LogP contribution >= 0.6 is 0 Å². The van der Waals surface area contributed by atoms with Crippen LogP contribution in [-0.2, 0) is 16.0 Å². The van der Waals surface area contributed by atoms with Gasteiger partial charge in [0, 0.05) is 23.3 Å². The lowest BCUT2D eigenvalue weighted by Crippen LogP contribution is -2.28. The first-order valence-corrected chi connectivity index (χ1v) is 10.2. The SMILES string of the molecule is CCOC(=O)/C=C(\C)N1N=C2c3cc(OC)ccc3CC[C@H]2[C@H]1c1ccc(F)cc1. The minimum Gasteiger partial charge on any atom is -0.497 e. The van der Waals surface area contributed by atoms with Gasteiger partial charge in [0.05, 0.1) is 25.5 Å². The zero-order valence-corrected chi connectivity index (χ0v) is 17.4. The topological polar surface area (TPSA) is 51.1 Å². The van der Waals surface area contributed by atoms with Gasteiger partial charge in [-0.3, -0.25) is 5.01 Å². The van der Waals surface area contributed by atoms with Crippen molar-refractivity contribution in [3.63, 3.8) is 0 Å². The van der Waals surface area contributed by atoms with E-state index in [4.69, 9.17) is 14.6 Å². The Morgan fingerprint density at radius 1 is 1.27 bits per heavy atom. The zero-order chi connectivity index (χ0) is 21.3. The second-order valence-corrected chi connectivity index (χ2v) is 7.53. The van der Waals surface area contributed by atoms with Gasteiger partial charge < -0.3 is 9.47 Å². The minimum atomic E-state index is -0.398. The number of fused-ring (bicyclic) bond motifs is 3. The molecule has 0 bridgehead atoms. The van der Waals surface area contributed by atoms with E-state index in [-0.39, 0.29) is 17.8 Å². The highest BCUT2D eigenvalue weighted by molar-refractivity contribution is 6.06. The van der Waals surface area contributed by atoms with E-state index in [0.29, 0.717) is 12.3 Å². The molecule has 0 N–H and O–H groups in total. The van der Waals surface area contributed by atoms with Crippen LogP contribution in [0.3, 0.4) is 0 Å². The van der Waals surface area contributed by atoms with Gasteiger partial charge in [0.1, 0.15) is 11.6 Å². The molecule has 0 spiro atoms. The largest absolute Gasteiger partial charge is 0.497 e. The van der Waals surface area contributed by atoms with Crippen molar-refractivity contribution < 1.29 is 18.7 Å². The molecule has 0 amide bonds. The van der Waals surface area contributed by atoms with E-state index < -0.39 is 5.97 Å². The average Bonchev–Trinajstić information content (AvgIpc) is 3.14. The van der Waals surface area contributed by atoms with Gasteiger partial charge in [-0.05, 0) is 62.1 Å². The molecule has 6 heteroatoms. The molecule has 30 heavy (non-hydrogen) atoms. The Hall–Kier alpha value is -3.15. The highest BCUT2D eigenvalue weighted by atomic mass is 19.1. The first-order chi connectivity index (χ1) is 14.5. The molecule has 0 fully saturated rings. The summed E-state index contributed by atoms with van der Waals surface area (Å²) in [6.45, 7) is 3.94. The van der Waals surface area contributed by atoms with Crippen LogP contribution < -0.4 is 4.74 Å². The Morgan fingerprint density at radius 2 is 2.03 bits per heavy atom. The molecule has 1 aliphatic carbocycles. The monoisotopic (exact) mass is 408 g/mol. The number of rotatable bonds is 5. The number of carbonyl (C=O) groups is 1. The number of hydrogen-bond donors (Lipinski definition) is 0. The van der Waals surface area contributed by atoms with Crippen molar-refractivity contribution in [2.45, 2.75) is 32.7 Å². The quantitative estimate of drug-likeness (QED) is 0.535. The number of methoxy groups -OCH3 is 1. The maximum absolute atomic E-state index is 13.6. The number of nitrogens with zero attached hydrogens (tertiary/aromatic N) is 2. The number of carbonyl (C=O) groups excluding carboxylic acids is 1. The molecule has 0 saturated heterocycles. The number of esters is 1. The maximum Gasteiger partial charge on any atom is 0.332 e. The van der Waals surface area contributed by atoms with Gasteiger partial charge in [-0.2, -0.15) is 5.10 Å². The number of allylic oxidation sites excluding steroid dienone is 1. The van der Waals surface area contributed by atoms with Crippen molar-refractivity contribution in [1.82, 2.24) is 5.01 Å². The molecule has 0 saturated carbocycles. The molecule has 2 aliphatic rings. The van der Waals surface area contributed by atoms with Crippen molar-refractivity contribution in [2.75, 3.05) is 13.7 Å². The van der Waals surface area contributed by atoms with Crippen molar-refractivity contribution >= 4 is 11.7 Å². The van der Waals surface area contributed by atoms with E-state index in [9.17, 15) is 9.18 Å². The van der Waals surface area contributed by atoms with Gasteiger partial charge in [0.25, 0.3) is 0 Å². The predicted molar refractivity (Wildman–Crippen MR) is 113 cm³/mol. The first kappa shape index (κ1) is 20.1. The van der Waals surface area contributed by atoms with E-state index in [1.807, 2.05) is 24.1 Å². The third kappa shape index (κ3) is 3.70. The number of halogens is 1. The molecule has 1 heterocycles. The van der Waals surface area contributed by atoms with E-state index in [1.54, 1.807) is 26.2 Å². The minimum absolute atomic E-state index is 0.120. The highest BCUT2D eigenvalue weighted by Crippen LogP contribution is 2.45. The number of hydrogen-bond acceptors (Lipinski definition) is 5. The number of aryl methyl sites for hydroxylation is 1. The molecular weight excluding hydrogens is 383 g/mol. The fraction of sp³-hybridized carbons (Fsp3) is 0.333. The summed E-state index contributed by atoms with van der Waals surface area (Å²) in [4.78, 5) is 12.1. The van der Waals surface area contributed by atoms with Gasteiger partial charge in [-0.1, -0.05) is 18.2 Å². The zero-order valence-electron chi connectivity index (χ0n) is 17.4. The normalized spacial score (nSPS) is 20.3. The molecule has 0 aromatic heterocycles. The predicted octanol–water partition coefficient (Wildman–Crippen LogP) is 4.62. The number of benzene rings is 2. The molecule has 0 unspecified atom stereocenters. The number of hydrazone groups is 1. The fourth-order valence-electron chi connectivity index (χ4n) is 4.32. The second kappa shape index (κ2) is 8.30. The molecule has 1 aliphatic heterocycles. The third-order valence-corrected chi connectivity index (χ3v) is 5.72. The van der Waals surface area contributed by atoms with Crippen LogP contribution in [0.2, 0.25) is 0 Å². The molecule has 0 radical (unpaired) electrons. The summed E-state index contributed by atoms with van der Waals surface area (Å²) in [6.07, 6.45) is 3.31. The van der Waals surface area contributed by atoms with Gasteiger partial charge in [0.15, 0.2) is 0 Å². The summed E-state index contributed by atoms with van der Waals surface area (Å²) >= 11 is 0. The molecule has 2 aromatic rings. The van der Waals surface area contributed by atoms with E-state index in [1.165, 1.54) is 23.8 Å². The lowest BCUT2D eigenvalue weighted by molar-refractivity contribution is -0.137. The maximum atomic E-state index is 13.6. The molecule has 5 nitrogen and oxygen atoms in total. The van der Waals surface area contributed by atoms with E-state index in [0.717, 1.165) is 35.4 Å². The fourth-order valence-corrected chi connectivity index (χ4v) is 4.32. The lowest BCUT2D eigenvalue weighted by Gasteiger charge is -2.31. The summed E-state index contributed by atoms with van der Waals surface area (Å²) in [7, 11) is 1.65. The van der Waals surface area contributed by atoms with Crippen LogP contribution in [0.1, 0.15) is 43.0 Å². The van der Waals surface area contributed by atoms with Gasteiger partial charge >= 0.3 is 5.97 Å². The Kier molecular flexibility index (Phi) is 5.57. The van der Waals surface area contributed by atoms with E-state index in [2.05, 4.69) is 6.07 Å². The van der Waals surface area contributed by atoms with Crippen LogP contribution in [-0.4, -0.2) is 30.4 Å². The molecule has 2 aromatic carbocycles. The summed E-state index contributed by atoms with van der Waals surface area (Å²) in [5.74, 6) is 0.236. The smallest absolute Gasteiger partial charge is 0.332 e.